The van der Waals surface area contributed by atoms with Crippen LogP contribution in [0.1, 0.15) is 37.9 Å². The van der Waals surface area contributed by atoms with E-state index in [-0.39, 0.29) is 18.4 Å². The van der Waals surface area contributed by atoms with Gasteiger partial charge in [0.15, 0.2) is 0 Å². The largest absolute Gasteiger partial charge is 0.481 e. The van der Waals surface area contributed by atoms with E-state index in [1.807, 2.05) is 0 Å². The van der Waals surface area contributed by atoms with E-state index in [4.69, 9.17) is 9.52 Å². The van der Waals surface area contributed by atoms with Crippen molar-refractivity contribution in [2.45, 2.75) is 38.1 Å². The minimum absolute atomic E-state index is 0.0357. The Bertz CT molecular complexity index is 478. The molecule has 1 aromatic rings. The summed E-state index contributed by atoms with van der Waals surface area (Å²) in [7, 11) is 0. The van der Waals surface area contributed by atoms with Gasteiger partial charge in [0.25, 0.3) is 0 Å². The van der Waals surface area contributed by atoms with Crippen molar-refractivity contribution in [3.8, 4) is 0 Å². The van der Waals surface area contributed by atoms with E-state index < -0.39 is 5.97 Å². The van der Waals surface area contributed by atoms with Gasteiger partial charge in [-0.05, 0) is 43.9 Å². The Kier molecular flexibility index (Phi) is 4.98. The summed E-state index contributed by atoms with van der Waals surface area (Å²) < 4.78 is 5.14. The molecule has 0 spiro atoms. The van der Waals surface area contributed by atoms with Crippen molar-refractivity contribution in [2.75, 3.05) is 6.54 Å². The molecule has 5 nitrogen and oxygen atoms in total. The third-order valence-electron chi connectivity index (χ3n) is 3.54. The summed E-state index contributed by atoms with van der Waals surface area (Å²) in [4.78, 5) is 24.7. The van der Waals surface area contributed by atoms with Crippen LogP contribution in [-0.4, -0.2) is 34.5 Å². The van der Waals surface area contributed by atoms with Crippen molar-refractivity contribution < 1.29 is 19.1 Å². The maximum atomic E-state index is 12.2. The maximum absolute atomic E-state index is 12.2. The molecule has 2 rings (SSSR count). The fourth-order valence-electron chi connectivity index (χ4n) is 2.52. The first-order valence-corrected chi connectivity index (χ1v) is 6.91. The first-order chi connectivity index (χ1) is 9.66. The first-order valence-electron chi connectivity index (χ1n) is 6.91. The number of hydrogen-bond donors (Lipinski definition) is 1. The fraction of sp³-hybridized carbons (Fsp3) is 0.467. The minimum atomic E-state index is -0.811. The molecule has 1 aliphatic rings. The van der Waals surface area contributed by atoms with E-state index in [1.54, 1.807) is 29.4 Å². The average Bonchev–Trinajstić information content (AvgIpc) is 2.96. The van der Waals surface area contributed by atoms with Crippen molar-refractivity contribution in [3.63, 3.8) is 0 Å². The highest BCUT2D eigenvalue weighted by Crippen LogP contribution is 2.21. The van der Waals surface area contributed by atoms with Crippen LogP contribution in [0.5, 0.6) is 0 Å². The number of carbonyl (C=O) groups is 2. The molecule has 1 N–H and O–H groups in total. The lowest BCUT2D eigenvalue weighted by molar-refractivity contribution is -0.138. The highest BCUT2D eigenvalue weighted by molar-refractivity contribution is 5.91. The summed E-state index contributed by atoms with van der Waals surface area (Å²) in [5.41, 5.74) is 0. The van der Waals surface area contributed by atoms with E-state index in [0.29, 0.717) is 18.7 Å². The van der Waals surface area contributed by atoms with Gasteiger partial charge in [-0.25, -0.2) is 0 Å². The number of carbonyl (C=O) groups excluding carboxylic acids is 1. The highest BCUT2D eigenvalue weighted by atomic mass is 16.4. The number of nitrogens with zero attached hydrogens (tertiary/aromatic N) is 1. The van der Waals surface area contributed by atoms with Crippen LogP contribution in [0.2, 0.25) is 0 Å². The molecule has 0 saturated carbocycles. The predicted molar refractivity (Wildman–Crippen MR) is 74.0 cm³/mol. The Morgan fingerprint density at radius 2 is 2.30 bits per heavy atom. The molecule has 5 heteroatoms. The molecule has 1 saturated heterocycles. The number of piperidine rings is 1. The van der Waals surface area contributed by atoms with Crippen LogP contribution in [0.3, 0.4) is 0 Å². The lowest BCUT2D eigenvalue weighted by Crippen LogP contribution is -2.43. The van der Waals surface area contributed by atoms with Crippen LogP contribution in [0, 0.1) is 0 Å². The van der Waals surface area contributed by atoms with Gasteiger partial charge >= 0.3 is 5.97 Å². The molecule has 1 fully saturated rings. The second kappa shape index (κ2) is 6.93. The lowest BCUT2D eigenvalue weighted by Gasteiger charge is -2.35. The molecule has 1 aromatic heterocycles. The number of amides is 1. The second-order valence-corrected chi connectivity index (χ2v) is 4.96. The van der Waals surface area contributed by atoms with Crippen molar-refractivity contribution in [3.05, 3.63) is 30.2 Å². The normalized spacial score (nSPS) is 19.4. The Balaban J connectivity index is 1.96. The van der Waals surface area contributed by atoms with Crippen LogP contribution in [-0.2, 0) is 9.59 Å². The second-order valence-electron chi connectivity index (χ2n) is 4.96. The van der Waals surface area contributed by atoms with Crippen molar-refractivity contribution in [1.82, 2.24) is 4.90 Å². The van der Waals surface area contributed by atoms with Gasteiger partial charge in [0, 0.05) is 25.1 Å². The van der Waals surface area contributed by atoms with E-state index in [1.165, 1.54) is 6.08 Å². The summed E-state index contributed by atoms with van der Waals surface area (Å²) >= 11 is 0. The first kappa shape index (κ1) is 14.4. The Hall–Kier alpha value is -2.04. The van der Waals surface area contributed by atoms with Crippen molar-refractivity contribution in [2.24, 2.45) is 0 Å². The SMILES string of the molecule is O=C(O)CC[C@H]1CCCCN1C(=O)/C=C/c1ccco1. The number of rotatable bonds is 5. The number of carboxylic acid groups (broad SMARTS) is 1. The van der Waals surface area contributed by atoms with Crippen molar-refractivity contribution >= 4 is 18.0 Å². The molecule has 0 radical (unpaired) electrons. The molecule has 0 aromatic carbocycles. The minimum Gasteiger partial charge on any atom is -0.481 e. The zero-order valence-corrected chi connectivity index (χ0v) is 11.3. The van der Waals surface area contributed by atoms with Crippen LogP contribution in [0.4, 0.5) is 0 Å². The van der Waals surface area contributed by atoms with E-state index in [0.717, 1.165) is 19.3 Å². The average molecular weight is 277 g/mol. The van der Waals surface area contributed by atoms with Gasteiger partial charge in [0.05, 0.1) is 6.26 Å². The summed E-state index contributed by atoms with van der Waals surface area (Å²) in [5, 5.41) is 8.77. The van der Waals surface area contributed by atoms with E-state index >= 15 is 0 Å². The zero-order chi connectivity index (χ0) is 14.4. The summed E-state index contributed by atoms with van der Waals surface area (Å²) in [6, 6.07) is 3.58. The zero-order valence-electron chi connectivity index (χ0n) is 11.3. The van der Waals surface area contributed by atoms with Gasteiger partial charge in [-0.3, -0.25) is 9.59 Å². The number of likely N-dealkylation sites (tertiary alicyclic amines) is 1. The number of carboxylic acids is 1. The molecular formula is C15H19NO4. The van der Waals surface area contributed by atoms with Crippen LogP contribution in [0.15, 0.2) is 28.9 Å². The summed E-state index contributed by atoms with van der Waals surface area (Å²) in [6.07, 6.45) is 8.24. The Morgan fingerprint density at radius 1 is 1.45 bits per heavy atom. The Labute approximate surface area is 117 Å². The van der Waals surface area contributed by atoms with Crippen LogP contribution in [0.25, 0.3) is 6.08 Å². The van der Waals surface area contributed by atoms with Gasteiger partial charge in [-0.2, -0.15) is 0 Å². The van der Waals surface area contributed by atoms with Gasteiger partial charge in [0.1, 0.15) is 5.76 Å². The smallest absolute Gasteiger partial charge is 0.303 e. The standard InChI is InChI=1S/C15H19NO4/c17-14(8-7-13-5-3-11-20-13)16-10-2-1-4-12(16)6-9-15(18)19/h3,5,7-8,11-12H,1-2,4,6,9-10H2,(H,18,19)/b8-7+/t12-/m1/s1. The van der Waals surface area contributed by atoms with Crippen LogP contribution < -0.4 is 0 Å². The highest BCUT2D eigenvalue weighted by Gasteiger charge is 2.25. The number of furan rings is 1. The van der Waals surface area contributed by atoms with Gasteiger partial charge in [-0.15, -0.1) is 0 Å². The third kappa shape index (κ3) is 3.98. The van der Waals surface area contributed by atoms with E-state index in [9.17, 15) is 9.59 Å². The fourth-order valence-corrected chi connectivity index (χ4v) is 2.52. The molecule has 108 valence electrons. The van der Waals surface area contributed by atoms with Crippen LogP contribution >= 0.6 is 0 Å². The number of aliphatic carboxylic acids is 1. The molecule has 1 atom stereocenters. The molecule has 0 bridgehead atoms. The lowest BCUT2D eigenvalue weighted by atomic mass is 9.98. The summed E-state index contributed by atoms with van der Waals surface area (Å²) in [6.45, 7) is 0.700. The maximum Gasteiger partial charge on any atom is 0.303 e. The predicted octanol–water partition coefficient (Wildman–Crippen LogP) is 2.54. The molecule has 0 unspecified atom stereocenters. The molecule has 1 aliphatic heterocycles. The van der Waals surface area contributed by atoms with E-state index in [2.05, 4.69) is 0 Å². The summed E-state index contributed by atoms with van der Waals surface area (Å²) in [5.74, 6) is -0.247. The quantitative estimate of drug-likeness (QED) is 0.840. The van der Waals surface area contributed by atoms with Gasteiger partial charge < -0.3 is 14.4 Å². The Morgan fingerprint density at radius 3 is 3.00 bits per heavy atom. The number of hydrogen-bond acceptors (Lipinski definition) is 3. The molecule has 0 aliphatic carbocycles. The third-order valence-corrected chi connectivity index (χ3v) is 3.54. The molecule has 1 amide bonds. The molecule has 2 heterocycles. The monoisotopic (exact) mass is 277 g/mol. The van der Waals surface area contributed by atoms with Crippen molar-refractivity contribution in [1.29, 1.82) is 0 Å². The van der Waals surface area contributed by atoms with Gasteiger partial charge in [-0.1, -0.05) is 0 Å². The molecule has 20 heavy (non-hydrogen) atoms. The topological polar surface area (TPSA) is 70.8 Å². The van der Waals surface area contributed by atoms with Gasteiger partial charge in [0.2, 0.25) is 5.91 Å². The molecular weight excluding hydrogens is 258 g/mol.